The van der Waals surface area contributed by atoms with Crippen LogP contribution in [0.15, 0.2) is 72.8 Å². The molecule has 1 saturated heterocycles. The molecule has 0 aromatic heterocycles. The fraction of sp³-hybridized carbons (Fsp3) is 0.289. The number of carbonyl (C=O) groups is 1. The van der Waals surface area contributed by atoms with Gasteiger partial charge in [-0.15, -0.1) is 0 Å². The van der Waals surface area contributed by atoms with Gasteiger partial charge in [-0.2, -0.15) is 6.67 Å². The normalized spacial score (nSPS) is 12.8. The van der Waals surface area contributed by atoms with Crippen LogP contribution in [0, 0.1) is 54.0 Å². The summed E-state index contributed by atoms with van der Waals surface area (Å²) >= 11 is -2.10. The van der Waals surface area contributed by atoms with Crippen molar-refractivity contribution in [3.63, 3.8) is 0 Å². The van der Waals surface area contributed by atoms with Crippen molar-refractivity contribution in [2.75, 3.05) is 41.4 Å². The van der Waals surface area contributed by atoms with E-state index < -0.39 is 13.5 Å². The zero-order chi connectivity index (χ0) is 34.2. The Hall–Kier alpha value is -3.25. The van der Waals surface area contributed by atoms with E-state index in [0.29, 0.717) is 12.1 Å². The van der Waals surface area contributed by atoms with Crippen LogP contribution in [0.5, 0.6) is 0 Å². The van der Waals surface area contributed by atoms with Gasteiger partial charge in [0.2, 0.25) is 0 Å². The molecule has 9 heteroatoms. The molecule has 252 valence electrons. The van der Waals surface area contributed by atoms with Gasteiger partial charge in [0, 0.05) is 24.5 Å². The molecule has 0 N–H and O–H groups in total. The molecular weight excluding hydrogens is 721 g/mol. The number of hydrogen-bond donors (Lipinski definition) is 0. The molecule has 0 radical (unpaired) electrons. The smallest absolute Gasteiger partial charge is 0.0146 e. The number of nitrogens with zero attached hydrogens (tertiary/aromatic N) is 3. The van der Waals surface area contributed by atoms with Crippen molar-refractivity contribution in [2.24, 2.45) is 0 Å². The summed E-state index contributed by atoms with van der Waals surface area (Å²) in [7, 11) is 13.2. The van der Waals surface area contributed by atoms with Gasteiger partial charge in [-0.25, -0.2) is 0 Å². The van der Waals surface area contributed by atoms with Gasteiger partial charge in [0.05, 0.1) is 0 Å². The Morgan fingerprint density at radius 3 is 1.83 bits per heavy atom. The van der Waals surface area contributed by atoms with E-state index in [9.17, 15) is 9.18 Å². The Labute approximate surface area is 292 Å². The van der Waals surface area contributed by atoms with Crippen LogP contribution in [-0.4, -0.2) is 37.3 Å². The number of para-hydroxylation sites is 1. The van der Waals surface area contributed by atoms with Crippen molar-refractivity contribution in [1.29, 1.82) is 0 Å². The summed E-state index contributed by atoms with van der Waals surface area (Å²) in [6.07, 6.45) is 0. The number of benzene rings is 4. The number of methoxy groups -OCH3 is 1. The Morgan fingerprint density at radius 1 is 0.851 bits per heavy atom. The molecule has 0 bridgehead atoms. The standard InChI is InChI=1S/C21H27N2.C17H16FNO2.2ClH.Ru/c1-14-9-16(3)20(17(4)10-14)22-7-8-23(13-22)21-18(5)11-15(2)12-19(21)6;1-13-10-15(18)9-8-14(13)11-19(12-17(20)21-2)16-6-4-3-5-7-16;;;/h9-13H,7-8H2,1-6H3;1,3-10H,11-12H2,2H3;2*1H;/q-1;;;;+2/p-2. The van der Waals surface area contributed by atoms with Crippen LogP contribution >= 0.6 is 19.4 Å². The average molecular weight is 765 g/mol. The molecule has 1 aliphatic rings. The summed E-state index contributed by atoms with van der Waals surface area (Å²) in [6.45, 7) is 18.1. The second-order valence-corrected chi connectivity index (χ2v) is 17.6. The molecule has 4 aromatic rings. The Morgan fingerprint density at radius 2 is 1.36 bits per heavy atom. The molecule has 1 heterocycles. The van der Waals surface area contributed by atoms with Crippen molar-refractivity contribution >= 4 is 47.0 Å². The van der Waals surface area contributed by atoms with Gasteiger partial charge >= 0.3 is 154 Å². The van der Waals surface area contributed by atoms with E-state index in [1.165, 1.54) is 64.0 Å². The second-order valence-electron chi connectivity index (χ2n) is 11.9. The zero-order valence-corrected chi connectivity index (χ0v) is 31.3. The number of halogens is 3. The topological polar surface area (TPSA) is 36.0 Å². The van der Waals surface area contributed by atoms with Crippen LogP contribution in [0.4, 0.5) is 21.5 Å². The summed E-state index contributed by atoms with van der Waals surface area (Å²) < 4.78 is 20.0. The third-order valence-corrected chi connectivity index (χ3v) is 9.86. The number of anilines is 3. The summed E-state index contributed by atoms with van der Waals surface area (Å²) in [5.74, 6) is -0.707. The molecule has 5 nitrogen and oxygen atoms in total. The van der Waals surface area contributed by atoms with Crippen LogP contribution in [0.1, 0.15) is 44.5 Å². The number of hydrogen-bond acceptors (Lipinski definition) is 5. The molecule has 0 atom stereocenters. The second kappa shape index (κ2) is 16.7. The molecule has 47 heavy (non-hydrogen) atoms. The SMILES string of the molecule is COC(=O)CN(Cc1ccc(F)cc1[CH]=[Ru]([Cl])[Cl])c1ccccc1.Cc1cc(C)c(N2[CH-]N(c3c(C)cc(C)cc3C)CC2)c(C)c1. The summed E-state index contributed by atoms with van der Waals surface area (Å²) in [6, 6.07) is 23.1. The van der Waals surface area contributed by atoms with E-state index in [1.807, 2.05) is 35.2 Å². The van der Waals surface area contributed by atoms with Gasteiger partial charge in [0.1, 0.15) is 0 Å². The minimum Gasteiger partial charge on any atom is -0.502 e. The van der Waals surface area contributed by atoms with Crippen LogP contribution in [0.25, 0.3) is 0 Å². The third-order valence-electron chi connectivity index (χ3n) is 8.03. The third kappa shape index (κ3) is 9.89. The van der Waals surface area contributed by atoms with Gasteiger partial charge in [-0.05, 0) is 63.8 Å². The Bertz CT molecular complexity index is 1640. The molecule has 0 aliphatic carbocycles. The van der Waals surface area contributed by atoms with Gasteiger partial charge < -0.3 is 9.80 Å². The van der Waals surface area contributed by atoms with Gasteiger partial charge in [-0.3, -0.25) is 0 Å². The van der Waals surface area contributed by atoms with Crippen LogP contribution in [0.3, 0.4) is 0 Å². The fourth-order valence-electron chi connectivity index (χ4n) is 6.28. The Kier molecular flexibility index (Phi) is 13.0. The van der Waals surface area contributed by atoms with E-state index in [2.05, 4.69) is 82.3 Å². The quantitative estimate of drug-likeness (QED) is 0.102. The maximum absolute atomic E-state index is 13.5. The predicted octanol–water partition coefficient (Wildman–Crippen LogP) is 9.06. The van der Waals surface area contributed by atoms with Gasteiger partial charge in [-0.1, -0.05) is 35.4 Å². The zero-order valence-electron chi connectivity index (χ0n) is 28.1. The molecule has 4 aromatic carbocycles. The molecule has 1 fully saturated rings. The first kappa shape index (κ1) is 36.6. The van der Waals surface area contributed by atoms with E-state index in [0.717, 1.165) is 24.3 Å². The van der Waals surface area contributed by atoms with Crippen LogP contribution < -0.4 is 14.7 Å². The number of carbonyl (C=O) groups excluding carboxylic acids is 1. The predicted molar refractivity (Wildman–Crippen MR) is 193 cm³/mol. The van der Waals surface area contributed by atoms with E-state index in [-0.39, 0.29) is 18.3 Å². The van der Waals surface area contributed by atoms with Crippen molar-refractivity contribution in [3.05, 3.63) is 130 Å². The first-order valence-corrected chi connectivity index (χ1v) is 20.9. The van der Waals surface area contributed by atoms with Gasteiger partial charge in [0.25, 0.3) is 0 Å². The minimum absolute atomic E-state index is 0.0836. The first-order valence-electron chi connectivity index (χ1n) is 15.4. The number of esters is 1. The fourth-order valence-corrected chi connectivity index (χ4v) is 8.14. The number of aryl methyl sites for hydroxylation is 6. The molecule has 0 saturated carbocycles. The summed E-state index contributed by atoms with van der Waals surface area (Å²) in [4.78, 5) is 18.4. The van der Waals surface area contributed by atoms with Crippen molar-refractivity contribution in [3.8, 4) is 0 Å². The number of ether oxygens (including phenoxy) is 1. The molecule has 1 aliphatic heterocycles. The molecular formula is C38H43Cl2FN3O2Ru-. The maximum Gasteiger partial charge on any atom is 0.0146 e. The first-order chi connectivity index (χ1) is 22.4. The summed E-state index contributed by atoms with van der Waals surface area (Å²) in [5, 5.41) is 0. The largest absolute Gasteiger partial charge is 0.502 e. The van der Waals surface area contributed by atoms with E-state index in [4.69, 9.17) is 24.1 Å². The molecule has 0 amide bonds. The Balaban J connectivity index is 0.000000213. The van der Waals surface area contributed by atoms with Crippen molar-refractivity contribution in [2.45, 2.75) is 48.1 Å². The molecule has 0 unspecified atom stereocenters. The van der Waals surface area contributed by atoms with Crippen LogP contribution in [0.2, 0.25) is 0 Å². The van der Waals surface area contributed by atoms with E-state index in [1.54, 1.807) is 10.7 Å². The van der Waals surface area contributed by atoms with Gasteiger partial charge in [0.15, 0.2) is 0 Å². The van der Waals surface area contributed by atoms with Crippen LogP contribution in [-0.2, 0) is 29.6 Å². The molecule has 5 rings (SSSR count). The summed E-state index contributed by atoms with van der Waals surface area (Å²) in [5.41, 5.74) is 13.2. The number of rotatable bonds is 8. The average Bonchev–Trinajstić information content (AvgIpc) is 3.46. The van der Waals surface area contributed by atoms with E-state index >= 15 is 0 Å². The monoisotopic (exact) mass is 764 g/mol. The molecule has 0 spiro atoms. The van der Waals surface area contributed by atoms with Crippen molar-refractivity contribution in [1.82, 2.24) is 0 Å². The van der Waals surface area contributed by atoms with Crippen molar-refractivity contribution < 1.29 is 27.4 Å². The minimum atomic E-state index is -2.10. The maximum atomic E-state index is 13.5.